The number of hydrazine groups is 1. The first-order valence-electron chi connectivity index (χ1n) is 6.26. The molecule has 100 valence electrons. The Morgan fingerprint density at radius 1 is 1.39 bits per heavy atom. The number of nitrogen functional groups attached to an aromatic ring is 1. The summed E-state index contributed by atoms with van der Waals surface area (Å²) in [5.41, 5.74) is 3.54. The number of hydrogen-bond acceptors (Lipinski definition) is 4. The van der Waals surface area contributed by atoms with E-state index in [0.29, 0.717) is 17.3 Å². The number of aromatic nitrogens is 1. The first-order valence-corrected chi connectivity index (χ1v) is 6.26. The number of carbonyl (C=O) groups is 1. The van der Waals surface area contributed by atoms with Crippen LogP contribution in [0.15, 0.2) is 18.3 Å². The van der Waals surface area contributed by atoms with E-state index in [2.05, 4.69) is 29.6 Å². The Morgan fingerprint density at radius 2 is 2.11 bits per heavy atom. The van der Waals surface area contributed by atoms with Crippen molar-refractivity contribution < 1.29 is 4.79 Å². The van der Waals surface area contributed by atoms with Crippen molar-refractivity contribution in [3.8, 4) is 0 Å². The summed E-state index contributed by atoms with van der Waals surface area (Å²) in [5, 5.41) is 2.93. The van der Waals surface area contributed by atoms with Gasteiger partial charge < -0.3 is 10.7 Å². The van der Waals surface area contributed by atoms with E-state index in [1.54, 1.807) is 18.3 Å². The largest absolute Gasteiger partial charge is 0.348 e. The molecule has 1 aromatic heterocycles. The van der Waals surface area contributed by atoms with Gasteiger partial charge in [-0.3, -0.25) is 15.6 Å². The van der Waals surface area contributed by atoms with Gasteiger partial charge in [-0.15, -0.1) is 0 Å². The van der Waals surface area contributed by atoms with E-state index in [-0.39, 0.29) is 11.9 Å². The third-order valence-electron chi connectivity index (χ3n) is 2.71. The number of rotatable bonds is 6. The summed E-state index contributed by atoms with van der Waals surface area (Å²) in [6, 6.07) is 3.49. The third kappa shape index (κ3) is 4.71. The van der Waals surface area contributed by atoms with Gasteiger partial charge >= 0.3 is 0 Å². The van der Waals surface area contributed by atoms with Gasteiger partial charge in [0.05, 0.1) is 5.69 Å². The molecule has 0 aliphatic heterocycles. The molecule has 0 radical (unpaired) electrons. The second-order valence-electron chi connectivity index (χ2n) is 4.92. The molecule has 1 atom stereocenters. The van der Waals surface area contributed by atoms with Crippen molar-refractivity contribution in [2.24, 2.45) is 11.8 Å². The summed E-state index contributed by atoms with van der Waals surface area (Å²) in [6.45, 7) is 6.35. The number of nitrogens with two attached hydrogens (primary N) is 1. The molecular formula is C13H22N4O. The minimum atomic E-state index is -0.164. The summed E-state index contributed by atoms with van der Waals surface area (Å²) < 4.78 is 0. The second kappa shape index (κ2) is 6.96. The van der Waals surface area contributed by atoms with E-state index >= 15 is 0 Å². The zero-order valence-corrected chi connectivity index (χ0v) is 11.2. The molecule has 0 saturated carbocycles. The molecule has 0 spiro atoms. The number of hydrogen-bond donors (Lipinski definition) is 3. The molecule has 1 heterocycles. The number of anilines is 1. The van der Waals surface area contributed by atoms with Crippen LogP contribution in [-0.4, -0.2) is 16.9 Å². The van der Waals surface area contributed by atoms with Crippen LogP contribution in [0.2, 0.25) is 0 Å². The van der Waals surface area contributed by atoms with Gasteiger partial charge in [0, 0.05) is 12.2 Å². The van der Waals surface area contributed by atoms with Gasteiger partial charge in [0.25, 0.3) is 5.91 Å². The number of nitrogens with zero attached hydrogens (tertiary/aromatic N) is 1. The lowest BCUT2D eigenvalue weighted by Crippen LogP contribution is -2.33. The van der Waals surface area contributed by atoms with Crippen molar-refractivity contribution in [3.63, 3.8) is 0 Å². The van der Waals surface area contributed by atoms with Crippen molar-refractivity contribution >= 4 is 11.6 Å². The Balaban J connectivity index is 2.53. The van der Waals surface area contributed by atoms with E-state index in [4.69, 9.17) is 5.84 Å². The highest BCUT2D eigenvalue weighted by Gasteiger charge is 2.11. The Kier molecular flexibility index (Phi) is 5.58. The summed E-state index contributed by atoms with van der Waals surface area (Å²) >= 11 is 0. The van der Waals surface area contributed by atoms with Gasteiger partial charge in [-0.2, -0.15) is 0 Å². The van der Waals surface area contributed by atoms with Crippen LogP contribution >= 0.6 is 0 Å². The molecule has 0 aliphatic rings. The number of amides is 1. The van der Waals surface area contributed by atoms with Gasteiger partial charge in [-0.05, 0) is 37.8 Å². The molecular weight excluding hydrogens is 228 g/mol. The molecule has 18 heavy (non-hydrogen) atoms. The maximum Gasteiger partial charge on any atom is 0.270 e. The second-order valence-corrected chi connectivity index (χ2v) is 4.92. The first kappa shape index (κ1) is 14.4. The maximum absolute atomic E-state index is 11.9. The smallest absolute Gasteiger partial charge is 0.270 e. The molecule has 1 aromatic rings. The monoisotopic (exact) mass is 250 g/mol. The maximum atomic E-state index is 11.9. The van der Waals surface area contributed by atoms with Crippen molar-refractivity contribution in [1.82, 2.24) is 10.3 Å². The first-order chi connectivity index (χ1) is 8.52. The Bertz CT molecular complexity index is 392. The zero-order chi connectivity index (χ0) is 13.5. The Morgan fingerprint density at radius 3 is 2.72 bits per heavy atom. The average Bonchev–Trinajstić information content (AvgIpc) is 2.36. The van der Waals surface area contributed by atoms with Gasteiger partial charge in [0.2, 0.25) is 0 Å². The van der Waals surface area contributed by atoms with Crippen molar-refractivity contribution in [3.05, 3.63) is 24.0 Å². The molecule has 0 bridgehead atoms. The fourth-order valence-corrected chi connectivity index (χ4v) is 1.60. The number of nitrogens with one attached hydrogen (secondary N) is 2. The van der Waals surface area contributed by atoms with Crippen LogP contribution < -0.4 is 16.6 Å². The van der Waals surface area contributed by atoms with Crippen molar-refractivity contribution in [1.29, 1.82) is 0 Å². The summed E-state index contributed by atoms with van der Waals surface area (Å²) in [4.78, 5) is 16.0. The van der Waals surface area contributed by atoms with E-state index in [1.165, 1.54) is 0 Å². The lowest BCUT2D eigenvalue weighted by Gasteiger charge is -2.15. The Labute approximate surface area is 108 Å². The van der Waals surface area contributed by atoms with E-state index in [0.717, 1.165) is 12.8 Å². The van der Waals surface area contributed by atoms with E-state index < -0.39 is 0 Å². The van der Waals surface area contributed by atoms with Gasteiger partial charge in [0.15, 0.2) is 0 Å². The molecule has 0 aliphatic carbocycles. The standard InChI is InChI=1S/C13H22N4O/c1-9(2)4-5-10(3)16-13(18)12-8-11(17-14)6-7-15-12/h6-10H,4-5,14H2,1-3H3,(H,15,17)(H,16,18). The van der Waals surface area contributed by atoms with Crippen LogP contribution in [0.25, 0.3) is 0 Å². The molecule has 0 aromatic carbocycles. The predicted molar refractivity (Wildman–Crippen MR) is 73.0 cm³/mol. The molecule has 4 N–H and O–H groups in total. The van der Waals surface area contributed by atoms with Crippen LogP contribution in [0.3, 0.4) is 0 Å². The molecule has 1 unspecified atom stereocenters. The summed E-state index contributed by atoms with van der Waals surface area (Å²) in [5.74, 6) is 5.77. The van der Waals surface area contributed by atoms with Crippen LogP contribution in [0.1, 0.15) is 44.1 Å². The van der Waals surface area contributed by atoms with Crippen LogP contribution in [0, 0.1) is 5.92 Å². The molecule has 1 rings (SSSR count). The lowest BCUT2D eigenvalue weighted by molar-refractivity contribution is 0.0932. The summed E-state index contributed by atoms with van der Waals surface area (Å²) in [6.07, 6.45) is 3.63. The number of pyridine rings is 1. The number of carbonyl (C=O) groups excluding carboxylic acids is 1. The third-order valence-corrected chi connectivity index (χ3v) is 2.71. The minimum Gasteiger partial charge on any atom is -0.348 e. The highest BCUT2D eigenvalue weighted by atomic mass is 16.1. The molecule has 5 heteroatoms. The average molecular weight is 250 g/mol. The fraction of sp³-hybridized carbons (Fsp3) is 0.538. The molecule has 5 nitrogen and oxygen atoms in total. The predicted octanol–water partition coefficient (Wildman–Crippen LogP) is 1.92. The topological polar surface area (TPSA) is 80.0 Å². The summed E-state index contributed by atoms with van der Waals surface area (Å²) in [7, 11) is 0. The SMILES string of the molecule is CC(C)CCC(C)NC(=O)c1cc(NN)ccn1. The minimum absolute atomic E-state index is 0.149. The zero-order valence-electron chi connectivity index (χ0n) is 11.2. The highest BCUT2D eigenvalue weighted by molar-refractivity contribution is 5.93. The molecule has 0 saturated heterocycles. The van der Waals surface area contributed by atoms with Crippen molar-refractivity contribution in [2.45, 2.75) is 39.7 Å². The van der Waals surface area contributed by atoms with Crippen LogP contribution in [0.5, 0.6) is 0 Å². The van der Waals surface area contributed by atoms with Crippen molar-refractivity contribution in [2.75, 3.05) is 5.43 Å². The van der Waals surface area contributed by atoms with Gasteiger partial charge in [-0.1, -0.05) is 13.8 Å². The normalized spacial score (nSPS) is 12.3. The fourth-order valence-electron chi connectivity index (χ4n) is 1.60. The van der Waals surface area contributed by atoms with Gasteiger partial charge in [0.1, 0.15) is 5.69 Å². The lowest BCUT2D eigenvalue weighted by atomic mass is 10.0. The Hall–Kier alpha value is -1.62. The van der Waals surface area contributed by atoms with Crippen LogP contribution in [-0.2, 0) is 0 Å². The van der Waals surface area contributed by atoms with Crippen LogP contribution in [0.4, 0.5) is 5.69 Å². The molecule has 1 amide bonds. The molecule has 0 fully saturated rings. The van der Waals surface area contributed by atoms with E-state index in [9.17, 15) is 4.79 Å². The van der Waals surface area contributed by atoms with E-state index in [1.807, 2.05) is 6.92 Å². The highest BCUT2D eigenvalue weighted by Crippen LogP contribution is 2.09. The van der Waals surface area contributed by atoms with Gasteiger partial charge in [-0.25, -0.2) is 0 Å². The quantitative estimate of drug-likeness (QED) is 0.532.